The van der Waals surface area contributed by atoms with Gasteiger partial charge in [-0.1, -0.05) is 26.0 Å². The van der Waals surface area contributed by atoms with Crippen molar-refractivity contribution in [3.63, 3.8) is 0 Å². The summed E-state index contributed by atoms with van der Waals surface area (Å²) in [6.45, 7) is 2.64. The molecular formula is C20H30N4O7S. The topological polar surface area (TPSA) is 191 Å². The lowest BCUT2D eigenvalue weighted by Crippen LogP contribution is -2.58. The van der Waals surface area contributed by atoms with E-state index in [1.54, 1.807) is 26.0 Å². The smallest absolute Gasteiger partial charge is 0.326 e. The summed E-state index contributed by atoms with van der Waals surface area (Å²) in [6, 6.07) is 1.18. The highest BCUT2D eigenvalue weighted by Gasteiger charge is 2.31. The van der Waals surface area contributed by atoms with Gasteiger partial charge in [-0.15, -0.1) is 0 Å². The van der Waals surface area contributed by atoms with Crippen molar-refractivity contribution in [3.8, 4) is 5.75 Å². The molecule has 4 atom stereocenters. The minimum atomic E-state index is -1.23. The molecule has 0 fully saturated rings. The zero-order valence-electron chi connectivity index (χ0n) is 17.8. The zero-order chi connectivity index (χ0) is 24.4. The maximum atomic E-state index is 12.9. The molecule has 1 rings (SSSR count). The Hall–Kier alpha value is -2.83. The van der Waals surface area contributed by atoms with Gasteiger partial charge < -0.3 is 37.0 Å². The number of nitrogens with one attached hydrogen (secondary N) is 3. The molecule has 12 heteroatoms. The molecule has 0 heterocycles. The summed E-state index contributed by atoms with van der Waals surface area (Å²) in [5.41, 5.74) is 6.03. The predicted octanol–water partition coefficient (Wildman–Crippen LogP) is -1.62. The first-order valence-corrected chi connectivity index (χ1v) is 10.5. The Morgan fingerprint density at radius 1 is 0.969 bits per heavy atom. The third kappa shape index (κ3) is 8.36. The van der Waals surface area contributed by atoms with E-state index in [0.717, 1.165) is 0 Å². The van der Waals surface area contributed by atoms with Gasteiger partial charge in [-0.05, 0) is 23.6 Å². The lowest BCUT2D eigenvalue weighted by atomic mass is 10.0. The summed E-state index contributed by atoms with van der Waals surface area (Å²) in [5, 5.41) is 35.0. The summed E-state index contributed by atoms with van der Waals surface area (Å²) in [7, 11) is 0. The quantitative estimate of drug-likeness (QED) is 0.167. The Balaban J connectivity index is 3.06. The van der Waals surface area contributed by atoms with Crippen molar-refractivity contribution in [1.29, 1.82) is 0 Å². The highest BCUT2D eigenvalue weighted by molar-refractivity contribution is 7.80. The molecule has 0 aliphatic heterocycles. The van der Waals surface area contributed by atoms with Crippen LogP contribution in [0.15, 0.2) is 24.3 Å². The van der Waals surface area contributed by atoms with E-state index >= 15 is 0 Å². The zero-order valence-corrected chi connectivity index (χ0v) is 18.7. The van der Waals surface area contributed by atoms with Gasteiger partial charge in [-0.2, -0.15) is 12.6 Å². The molecular weight excluding hydrogens is 440 g/mol. The van der Waals surface area contributed by atoms with Gasteiger partial charge in [0.25, 0.3) is 0 Å². The number of nitrogens with two attached hydrogens (primary N) is 1. The molecule has 32 heavy (non-hydrogen) atoms. The van der Waals surface area contributed by atoms with Crippen molar-refractivity contribution in [3.05, 3.63) is 29.8 Å². The number of amides is 3. The molecule has 0 radical (unpaired) electrons. The second-order valence-corrected chi connectivity index (χ2v) is 7.90. The number of phenols is 1. The lowest BCUT2D eigenvalue weighted by molar-refractivity contribution is -0.143. The number of aliphatic hydroxyl groups excluding tert-OH is 1. The van der Waals surface area contributed by atoms with Crippen LogP contribution >= 0.6 is 12.6 Å². The Kier molecular flexibility index (Phi) is 11.0. The number of carbonyl (C=O) groups is 4. The third-order valence-electron chi connectivity index (χ3n) is 4.59. The standard InChI is InChI=1S/C20H30N4O7S/c1-10(2)16(20(30)31)24-18(28)14(7-11-3-5-12(26)6-4-11)22-19(29)15(9-32)23-17(27)13(21)8-25/h3-6,10,13-16,25-26,32H,7-9,21H2,1-2H3,(H,22,29)(H,23,27)(H,24,28)(H,30,31). The van der Waals surface area contributed by atoms with E-state index in [9.17, 15) is 29.4 Å². The molecule has 0 bridgehead atoms. The van der Waals surface area contributed by atoms with E-state index in [4.69, 9.17) is 10.8 Å². The molecule has 0 aliphatic rings. The fourth-order valence-electron chi connectivity index (χ4n) is 2.67. The van der Waals surface area contributed by atoms with Crippen LogP contribution in [0.3, 0.4) is 0 Å². The first-order valence-electron chi connectivity index (χ1n) is 9.89. The average molecular weight is 471 g/mol. The first kappa shape index (κ1) is 27.2. The van der Waals surface area contributed by atoms with Crippen molar-refractivity contribution in [1.82, 2.24) is 16.0 Å². The van der Waals surface area contributed by atoms with E-state index < -0.39 is 60.4 Å². The number of hydrogen-bond acceptors (Lipinski definition) is 8. The number of aromatic hydroxyl groups is 1. The van der Waals surface area contributed by atoms with E-state index in [-0.39, 0.29) is 17.9 Å². The second kappa shape index (κ2) is 12.9. The highest BCUT2D eigenvalue weighted by atomic mass is 32.1. The Morgan fingerprint density at radius 3 is 1.97 bits per heavy atom. The number of phenolic OH excluding ortho intramolecular Hbond substituents is 1. The van der Waals surface area contributed by atoms with Gasteiger partial charge in [-0.25, -0.2) is 4.79 Å². The molecule has 11 nitrogen and oxygen atoms in total. The maximum Gasteiger partial charge on any atom is 0.326 e. The molecule has 0 saturated heterocycles. The molecule has 1 aromatic carbocycles. The van der Waals surface area contributed by atoms with Gasteiger partial charge in [0.1, 0.15) is 29.9 Å². The van der Waals surface area contributed by atoms with Crippen molar-refractivity contribution in [2.45, 2.75) is 44.4 Å². The van der Waals surface area contributed by atoms with Crippen LogP contribution in [0.2, 0.25) is 0 Å². The number of thiol groups is 1. The van der Waals surface area contributed by atoms with Gasteiger partial charge in [0.2, 0.25) is 17.7 Å². The van der Waals surface area contributed by atoms with Crippen LogP contribution in [0, 0.1) is 5.92 Å². The molecule has 4 unspecified atom stereocenters. The van der Waals surface area contributed by atoms with Crippen LogP contribution in [0.4, 0.5) is 0 Å². The second-order valence-electron chi connectivity index (χ2n) is 7.53. The van der Waals surface area contributed by atoms with Crippen molar-refractivity contribution >= 4 is 36.3 Å². The largest absolute Gasteiger partial charge is 0.508 e. The molecule has 3 amide bonds. The number of aliphatic hydroxyl groups is 1. The monoisotopic (exact) mass is 470 g/mol. The number of benzene rings is 1. The maximum absolute atomic E-state index is 12.9. The number of carboxylic acids is 1. The first-order chi connectivity index (χ1) is 15.0. The van der Waals surface area contributed by atoms with Gasteiger partial charge >= 0.3 is 5.97 Å². The third-order valence-corrected chi connectivity index (χ3v) is 4.95. The van der Waals surface area contributed by atoms with Crippen molar-refractivity contribution < 1.29 is 34.5 Å². The van der Waals surface area contributed by atoms with Gasteiger partial charge in [0.15, 0.2) is 0 Å². The van der Waals surface area contributed by atoms with Crippen LogP contribution in [-0.2, 0) is 25.6 Å². The molecule has 0 aromatic heterocycles. The minimum absolute atomic E-state index is 0.00825. The fourth-order valence-corrected chi connectivity index (χ4v) is 2.93. The molecule has 1 aromatic rings. The Labute approximate surface area is 191 Å². The number of hydrogen-bond donors (Lipinski definition) is 8. The molecule has 0 spiro atoms. The minimum Gasteiger partial charge on any atom is -0.508 e. The van der Waals surface area contributed by atoms with Crippen LogP contribution in [0.1, 0.15) is 19.4 Å². The van der Waals surface area contributed by atoms with E-state index in [1.807, 2.05) is 0 Å². The van der Waals surface area contributed by atoms with E-state index in [0.29, 0.717) is 5.56 Å². The molecule has 0 aliphatic carbocycles. The van der Waals surface area contributed by atoms with Crippen LogP contribution < -0.4 is 21.7 Å². The summed E-state index contributed by atoms with van der Waals surface area (Å²) in [6.07, 6.45) is -0.00825. The molecule has 0 saturated carbocycles. The Morgan fingerprint density at radius 2 is 1.50 bits per heavy atom. The van der Waals surface area contributed by atoms with Gasteiger partial charge in [0, 0.05) is 12.2 Å². The van der Waals surface area contributed by atoms with E-state index in [1.165, 1.54) is 12.1 Å². The van der Waals surface area contributed by atoms with Crippen LogP contribution in [0.25, 0.3) is 0 Å². The number of rotatable bonds is 12. The SMILES string of the molecule is CC(C)C(NC(=O)C(Cc1ccc(O)cc1)NC(=O)C(CS)NC(=O)C(N)CO)C(=O)O. The molecule has 178 valence electrons. The number of aliphatic carboxylic acids is 1. The average Bonchev–Trinajstić information content (AvgIpc) is 2.75. The summed E-state index contributed by atoms with van der Waals surface area (Å²) in [4.78, 5) is 49.0. The van der Waals surface area contributed by atoms with Crippen molar-refractivity contribution in [2.75, 3.05) is 12.4 Å². The summed E-state index contributed by atoms with van der Waals surface area (Å²) < 4.78 is 0. The number of carbonyl (C=O) groups excluding carboxylic acids is 3. The predicted molar refractivity (Wildman–Crippen MR) is 119 cm³/mol. The fraction of sp³-hybridized carbons (Fsp3) is 0.500. The van der Waals surface area contributed by atoms with Crippen LogP contribution in [0.5, 0.6) is 5.75 Å². The van der Waals surface area contributed by atoms with Gasteiger partial charge in [0.05, 0.1) is 6.61 Å². The lowest BCUT2D eigenvalue weighted by Gasteiger charge is -2.25. The van der Waals surface area contributed by atoms with Gasteiger partial charge in [-0.3, -0.25) is 14.4 Å². The Bertz CT molecular complexity index is 804. The van der Waals surface area contributed by atoms with E-state index in [2.05, 4.69) is 28.6 Å². The molecule has 8 N–H and O–H groups in total. The highest BCUT2D eigenvalue weighted by Crippen LogP contribution is 2.12. The number of carboxylic acid groups (broad SMARTS) is 1. The van der Waals surface area contributed by atoms with Crippen molar-refractivity contribution in [2.24, 2.45) is 11.7 Å². The summed E-state index contributed by atoms with van der Waals surface area (Å²) in [5.74, 6) is -3.98. The summed E-state index contributed by atoms with van der Waals surface area (Å²) >= 11 is 4.04. The normalized spacial score (nSPS) is 14.7. The van der Waals surface area contributed by atoms with Crippen LogP contribution in [-0.4, -0.2) is 75.5 Å².